The fourth-order valence-electron chi connectivity index (χ4n) is 6.54. The summed E-state index contributed by atoms with van der Waals surface area (Å²) in [4.78, 5) is 1.20. The molecule has 0 atom stereocenters. The van der Waals surface area contributed by atoms with Crippen LogP contribution in [0.5, 0.6) is 0 Å². The number of rotatable bonds is 4. The second-order valence-corrected chi connectivity index (χ2v) is 11.8. The van der Waals surface area contributed by atoms with Crippen LogP contribution in [0.2, 0.25) is 0 Å². The van der Waals surface area contributed by atoms with Crippen LogP contribution in [0.4, 0.5) is 0 Å². The molecule has 4 heterocycles. The first-order valence-electron chi connectivity index (χ1n) is 14.5. The standard InChI is InChI=1S/C39H25N3S/c1-2-11-26(12-3-1)37-38(40-42-35(36-19-10-24-43-36)25-28-13-4-5-14-30(28)39(37)42)27-20-22-29(23-21-27)41-33-17-8-6-15-31(33)32-16-7-9-18-34(32)41/h1-25H. The average molecular weight is 568 g/mol. The molecule has 5 aromatic carbocycles. The molecule has 0 radical (unpaired) electrons. The number of nitrogens with zero attached hydrogens (tertiary/aromatic N) is 3. The highest BCUT2D eigenvalue weighted by atomic mass is 32.1. The van der Waals surface area contributed by atoms with E-state index in [4.69, 9.17) is 5.10 Å². The first kappa shape index (κ1) is 24.2. The molecule has 43 heavy (non-hydrogen) atoms. The van der Waals surface area contributed by atoms with Gasteiger partial charge in [0.25, 0.3) is 0 Å². The van der Waals surface area contributed by atoms with Crippen LogP contribution < -0.4 is 0 Å². The van der Waals surface area contributed by atoms with Gasteiger partial charge in [-0.3, -0.25) is 0 Å². The molecule has 0 N–H and O–H groups in total. The number of fused-ring (bicyclic) bond motifs is 6. The van der Waals surface area contributed by atoms with E-state index in [0.717, 1.165) is 39.3 Å². The molecule has 0 amide bonds. The predicted octanol–water partition coefficient (Wildman–Crippen LogP) is 10.6. The molecule has 0 aliphatic heterocycles. The number of hydrogen-bond donors (Lipinski definition) is 0. The van der Waals surface area contributed by atoms with Crippen LogP contribution in [-0.4, -0.2) is 14.2 Å². The Hall–Kier alpha value is -5.45. The van der Waals surface area contributed by atoms with Crippen molar-refractivity contribution < 1.29 is 0 Å². The average Bonchev–Trinajstić information content (AvgIpc) is 3.82. The van der Waals surface area contributed by atoms with Crippen LogP contribution in [0.3, 0.4) is 0 Å². The lowest BCUT2D eigenvalue weighted by Crippen LogP contribution is -1.95. The molecule has 0 unspecified atom stereocenters. The van der Waals surface area contributed by atoms with Crippen molar-refractivity contribution in [3.05, 3.63) is 151 Å². The summed E-state index contributed by atoms with van der Waals surface area (Å²) in [5, 5.41) is 12.4. The van der Waals surface area contributed by atoms with Crippen molar-refractivity contribution in [3.8, 4) is 38.6 Å². The summed E-state index contributed by atoms with van der Waals surface area (Å²) in [6, 6.07) is 52.1. The van der Waals surface area contributed by atoms with Gasteiger partial charge >= 0.3 is 0 Å². The molecular formula is C39H25N3S. The second-order valence-electron chi connectivity index (χ2n) is 10.9. The molecule has 0 saturated heterocycles. The van der Waals surface area contributed by atoms with Crippen molar-refractivity contribution >= 4 is 49.4 Å². The zero-order valence-electron chi connectivity index (χ0n) is 23.2. The van der Waals surface area contributed by atoms with Gasteiger partial charge in [0.15, 0.2) is 0 Å². The van der Waals surface area contributed by atoms with Crippen LogP contribution in [-0.2, 0) is 0 Å². The van der Waals surface area contributed by atoms with Gasteiger partial charge in [0, 0.05) is 33.0 Å². The van der Waals surface area contributed by atoms with E-state index < -0.39 is 0 Å². The summed E-state index contributed by atoms with van der Waals surface area (Å²) < 4.78 is 4.52. The van der Waals surface area contributed by atoms with Crippen LogP contribution >= 0.6 is 11.3 Å². The Morgan fingerprint density at radius 1 is 0.535 bits per heavy atom. The van der Waals surface area contributed by atoms with Crippen LogP contribution in [0, 0.1) is 0 Å². The first-order chi connectivity index (χ1) is 21.3. The number of pyridine rings is 1. The van der Waals surface area contributed by atoms with Gasteiger partial charge in [0.05, 0.1) is 27.1 Å². The van der Waals surface area contributed by atoms with Crippen LogP contribution in [0.15, 0.2) is 151 Å². The highest BCUT2D eigenvalue weighted by molar-refractivity contribution is 7.13. The third-order valence-electron chi connectivity index (χ3n) is 8.44. The monoisotopic (exact) mass is 567 g/mol. The van der Waals surface area contributed by atoms with Gasteiger partial charge in [-0.15, -0.1) is 11.3 Å². The highest BCUT2D eigenvalue weighted by Gasteiger charge is 2.22. The fourth-order valence-corrected chi connectivity index (χ4v) is 7.26. The van der Waals surface area contributed by atoms with Gasteiger partial charge in [-0.2, -0.15) is 5.10 Å². The largest absolute Gasteiger partial charge is 0.309 e. The Labute approximate surface area is 252 Å². The maximum Gasteiger partial charge on any atom is 0.101 e. The molecule has 0 aliphatic rings. The number of thiophene rings is 1. The Morgan fingerprint density at radius 3 is 1.88 bits per heavy atom. The minimum absolute atomic E-state index is 0.981. The Bertz CT molecular complexity index is 2380. The SMILES string of the molecule is c1ccc(-c2c(-c3ccc(-n4c5ccccc5c5ccccc54)cc3)nn3c(-c4cccs4)cc4ccccc4c23)cc1. The second kappa shape index (κ2) is 9.55. The quantitative estimate of drug-likeness (QED) is 0.207. The summed E-state index contributed by atoms with van der Waals surface area (Å²) in [6.45, 7) is 0. The van der Waals surface area contributed by atoms with E-state index in [9.17, 15) is 0 Å². The molecule has 0 spiro atoms. The number of para-hydroxylation sites is 2. The van der Waals surface area contributed by atoms with Gasteiger partial charge in [-0.1, -0.05) is 109 Å². The third kappa shape index (κ3) is 3.70. The van der Waals surface area contributed by atoms with Crippen molar-refractivity contribution in [2.75, 3.05) is 0 Å². The van der Waals surface area contributed by atoms with Crippen molar-refractivity contribution in [1.29, 1.82) is 0 Å². The molecule has 0 saturated carbocycles. The highest BCUT2D eigenvalue weighted by Crippen LogP contribution is 2.42. The first-order valence-corrected chi connectivity index (χ1v) is 15.4. The van der Waals surface area contributed by atoms with Crippen molar-refractivity contribution in [2.45, 2.75) is 0 Å². The number of hydrogen-bond acceptors (Lipinski definition) is 2. The lowest BCUT2D eigenvalue weighted by molar-refractivity contribution is 0.982. The molecular weight excluding hydrogens is 543 g/mol. The van der Waals surface area contributed by atoms with Crippen molar-refractivity contribution in [3.63, 3.8) is 0 Å². The van der Waals surface area contributed by atoms with E-state index in [0.29, 0.717) is 0 Å². The minimum atomic E-state index is 0.981. The van der Waals surface area contributed by atoms with Crippen LogP contribution in [0.1, 0.15) is 0 Å². The molecule has 0 aliphatic carbocycles. The summed E-state index contributed by atoms with van der Waals surface area (Å²) >= 11 is 1.74. The maximum atomic E-state index is 5.37. The van der Waals surface area contributed by atoms with Crippen molar-refractivity contribution in [1.82, 2.24) is 14.2 Å². The van der Waals surface area contributed by atoms with Gasteiger partial charge in [-0.05, 0) is 52.7 Å². The van der Waals surface area contributed by atoms with E-state index in [1.807, 2.05) is 0 Å². The van der Waals surface area contributed by atoms with Gasteiger partial charge in [-0.25, -0.2) is 4.52 Å². The summed E-state index contributed by atoms with van der Waals surface area (Å²) in [5.74, 6) is 0. The number of benzene rings is 5. The summed E-state index contributed by atoms with van der Waals surface area (Å²) in [6.07, 6.45) is 0. The normalized spacial score (nSPS) is 11.7. The van der Waals surface area contributed by atoms with E-state index in [2.05, 4.69) is 160 Å². The molecule has 0 fully saturated rings. The predicted molar refractivity (Wildman–Crippen MR) is 181 cm³/mol. The Kier molecular flexibility index (Phi) is 5.37. The van der Waals surface area contributed by atoms with E-state index in [1.165, 1.54) is 37.5 Å². The smallest absolute Gasteiger partial charge is 0.101 e. The minimum Gasteiger partial charge on any atom is -0.309 e. The van der Waals surface area contributed by atoms with Gasteiger partial charge in [0.1, 0.15) is 5.69 Å². The molecule has 4 aromatic heterocycles. The molecule has 4 heteroatoms. The van der Waals surface area contributed by atoms with Gasteiger partial charge in [0.2, 0.25) is 0 Å². The third-order valence-corrected chi connectivity index (χ3v) is 9.33. The fraction of sp³-hybridized carbons (Fsp3) is 0. The topological polar surface area (TPSA) is 22.2 Å². The van der Waals surface area contributed by atoms with Crippen LogP contribution in [0.25, 0.3) is 76.7 Å². The lowest BCUT2D eigenvalue weighted by atomic mass is 9.97. The van der Waals surface area contributed by atoms with E-state index >= 15 is 0 Å². The summed E-state index contributed by atoms with van der Waals surface area (Å²) in [5.41, 5.74) is 10.2. The zero-order valence-corrected chi connectivity index (χ0v) is 24.0. The van der Waals surface area contributed by atoms with Gasteiger partial charge < -0.3 is 4.57 Å². The Balaban J connectivity index is 1.31. The molecule has 3 nitrogen and oxygen atoms in total. The molecule has 0 bridgehead atoms. The van der Waals surface area contributed by atoms with E-state index in [1.54, 1.807) is 11.3 Å². The molecule has 9 rings (SSSR count). The Morgan fingerprint density at radius 2 is 1.19 bits per heavy atom. The number of aromatic nitrogens is 3. The van der Waals surface area contributed by atoms with Crippen molar-refractivity contribution in [2.24, 2.45) is 0 Å². The maximum absolute atomic E-state index is 5.37. The molecule has 202 valence electrons. The van der Waals surface area contributed by atoms with E-state index in [-0.39, 0.29) is 0 Å². The molecule has 9 aromatic rings. The summed E-state index contributed by atoms with van der Waals surface area (Å²) in [7, 11) is 0. The lowest BCUT2D eigenvalue weighted by Gasteiger charge is -2.10. The zero-order chi connectivity index (χ0) is 28.3.